The van der Waals surface area contributed by atoms with E-state index in [0.29, 0.717) is 36.8 Å². The molecule has 3 aromatic heterocycles. The predicted octanol–water partition coefficient (Wildman–Crippen LogP) is 5.26. The van der Waals surface area contributed by atoms with Gasteiger partial charge in [-0.15, -0.1) is 0 Å². The zero-order valence-corrected chi connectivity index (χ0v) is 25.8. The Hall–Kier alpha value is -4.74. The van der Waals surface area contributed by atoms with Gasteiger partial charge in [0.1, 0.15) is 11.5 Å². The molecule has 0 fully saturated rings. The van der Waals surface area contributed by atoms with Gasteiger partial charge in [-0.2, -0.15) is 0 Å². The normalized spacial score (nSPS) is 14.8. The van der Waals surface area contributed by atoms with Crippen molar-refractivity contribution in [2.45, 2.75) is 43.2 Å². The molecule has 44 heavy (non-hydrogen) atoms. The molecule has 0 bridgehead atoms. The van der Waals surface area contributed by atoms with E-state index in [4.69, 9.17) is 18.9 Å². The van der Waals surface area contributed by atoms with Crippen LogP contribution in [-0.4, -0.2) is 33.2 Å². The average Bonchev–Trinajstić information content (AvgIpc) is 3.60. The van der Waals surface area contributed by atoms with Gasteiger partial charge in [0.25, 0.3) is 5.56 Å². The van der Waals surface area contributed by atoms with Crippen molar-refractivity contribution in [3.05, 3.63) is 127 Å². The van der Waals surface area contributed by atoms with Gasteiger partial charge in [-0.3, -0.25) is 9.36 Å². The monoisotopic (exact) mass is 624 g/mol. The molecule has 222 valence electrons. The summed E-state index contributed by atoms with van der Waals surface area (Å²) in [4.78, 5) is 41.5. The number of carbonyl (C=O) groups is 1. The molecule has 0 N–H and O–H groups in total. The minimum absolute atomic E-state index is 0.000991. The summed E-state index contributed by atoms with van der Waals surface area (Å²) in [5, 5.41) is 1.14. The van der Waals surface area contributed by atoms with E-state index in [-0.39, 0.29) is 23.8 Å². The van der Waals surface area contributed by atoms with E-state index < -0.39 is 12.0 Å². The highest BCUT2D eigenvalue weighted by molar-refractivity contribution is 7.99. The van der Waals surface area contributed by atoms with Crippen LogP contribution >= 0.6 is 23.1 Å². The fourth-order valence-electron chi connectivity index (χ4n) is 4.78. The van der Waals surface area contributed by atoms with E-state index >= 15 is 0 Å². The SMILES string of the molecule is CCOC(=O)C1=C(c2ccccc2)N=c2s/c(=C\c3ccc(Sc4ncccn4)o3)c(=O)n2[C@@H]1c1ccc(OC(C)C)cc1. The Kier molecular flexibility index (Phi) is 8.58. The van der Waals surface area contributed by atoms with Gasteiger partial charge >= 0.3 is 5.97 Å². The molecule has 5 aromatic rings. The van der Waals surface area contributed by atoms with Crippen LogP contribution in [0.2, 0.25) is 0 Å². The van der Waals surface area contributed by atoms with Crippen LogP contribution in [0.3, 0.4) is 0 Å². The number of hydrogen-bond donors (Lipinski definition) is 0. The lowest BCUT2D eigenvalue weighted by Crippen LogP contribution is -2.40. The van der Waals surface area contributed by atoms with Crippen molar-refractivity contribution in [2.75, 3.05) is 6.61 Å². The van der Waals surface area contributed by atoms with Crippen molar-refractivity contribution >= 4 is 40.8 Å². The van der Waals surface area contributed by atoms with E-state index in [1.54, 1.807) is 48.2 Å². The third-order valence-electron chi connectivity index (χ3n) is 6.55. The molecule has 1 atom stereocenters. The second kappa shape index (κ2) is 12.9. The van der Waals surface area contributed by atoms with Gasteiger partial charge in [-0.05, 0) is 68.4 Å². The summed E-state index contributed by atoms with van der Waals surface area (Å²) in [7, 11) is 0. The minimum Gasteiger partial charge on any atom is -0.491 e. The summed E-state index contributed by atoms with van der Waals surface area (Å²) in [6.07, 6.45) is 5.01. The lowest BCUT2D eigenvalue weighted by Gasteiger charge is -2.26. The van der Waals surface area contributed by atoms with Crippen LogP contribution in [0.1, 0.15) is 43.7 Å². The molecule has 0 amide bonds. The Morgan fingerprint density at radius 3 is 2.50 bits per heavy atom. The fraction of sp³-hybridized carbons (Fsp3) is 0.182. The quantitative estimate of drug-likeness (QED) is 0.162. The summed E-state index contributed by atoms with van der Waals surface area (Å²) >= 11 is 2.51. The first-order valence-electron chi connectivity index (χ1n) is 14.0. The van der Waals surface area contributed by atoms with Crippen molar-refractivity contribution in [3.63, 3.8) is 0 Å². The Morgan fingerprint density at radius 1 is 1.05 bits per heavy atom. The summed E-state index contributed by atoms with van der Waals surface area (Å²) in [5.74, 6) is 0.648. The van der Waals surface area contributed by atoms with Gasteiger partial charge in [0, 0.05) is 24.0 Å². The molecule has 0 unspecified atom stereocenters. The van der Waals surface area contributed by atoms with Crippen LogP contribution < -0.4 is 19.6 Å². The molecular formula is C33H28N4O5S2. The molecule has 0 aliphatic carbocycles. The zero-order valence-electron chi connectivity index (χ0n) is 24.2. The number of hydrogen-bond acceptors (Lipinski definition) is 10. The third kappa shape index (κ3) is 6.15. The molecule has 9 nitrogen and oxygen atoms in total. The highest BCUT2D eigenvalue weighted by atomic mass is 32.2. The van der Waals surface area contributed by atoms with Crippen molar-refractivity contribution in [2.24, 2.45) is 4.99 Å². The molecule has 0 radical (unpaired) electrons. The van der Waals surface area contributed by atoms with Gasteiger partial charge in [0.15, 0.2) is 15.1 Å². The molecule has 6 rings (SSSR count). The van der Waals surface area contributed by atoms with Gasteiger partial charge in [0.05, 0.1) is 34.6 Å². The number of esters is 1. The van der Waals surface area contributed by atoms with Crippen LogP contribution in [0.5, 0.6) is 5.75 Å². The lowest BCUT2D eigenvalue weighted by molar-refractivity contribution is -0.138. The van der Waals surface area contributed by atoms with E-state index in [1.807, 2.05) is 68.4 Å². The number of carbonyl (C=O) groups excluding carboxylic acids is 1. The second-order valence-corrected chi connectivity index (χ2v) is 11.9. The van der Waals surface area contributed by atoms with Crippen LogP contribution in [0, 0.1) is 0 Å². The number of fused-ring (bicyclic) bond motifs is 1. The predicted molar refractivity (Wildman–Crippen MR) is 168 cm³/mol. The fourth-order valence-corrected chi connectivity index (χ4v) is 6.44. The summed E-state index contributed by atoms with van der Waals surface area (Å²) in [5.41, 5.74) is 1.92. The van der Waals surface area contributed by atoms with E-state index in [9.17, 15) is 9.59 Å². The first kappa shape index (κ1) is 29.3. The molecule has 0 saturated heterocycles. The topological polar surface area (TPSA) is 109 Å². The van der Waals surface area contributed by atoms with Crippen molar-refractivity contribution in [3.8, 4) is 5.75 Å². The Morgan fingerprint density at radius 2 is 1.80 bits per heavy atom. The van der Waals surface area contributed by atoms with E-state index in [0.717, 1.165) is 11.1 Å². The minimum atomic E-state index is -0.784. The summed E-state index contributed by atoms with van der Waals surface area (Å²) in [6, 6.07) is 21.4. The first-order chi connectivity index (χ1) is 21.4. The summed E-state index contributed by atoms with van der Waals surface area (Å²) < 4.78 is 19.3. The first-order valence-corrected chi connectivity index (χ1v) is 15.6. The number of ether oxygens (including phenoxy) is 2. The van der Waals surface area contributed by atoms with Crippen LogP contribution in [0.25, 0.3) is 11.8 Å². The maximum atomic E-state index is 14.1. The van der Waals surface area contributed by atoms with Crippen LogP contribution in [-0.2, 0) is 9.53 Å². The second-order valence-electron chi connectivity index (χ2n) is 9.96. The average molecular weight is 625 g/mol. The van der Waals surface area contributed by atoms with Crippen LogP contribution in [0.15, 0.2) is 115 Å². The molecule has 4 heterocycles. The van der Waals surface area contributed by atoms with E-state index in [2.05, 4.69) is 9.97 Å². The van der Waals surface area contributed by atoms with Crippen molar-refractivity contribution < 1.29 is 18.7 Å². The zero-order chi connectivity index (χ0) is 30.6. The Balaban J connectivity index is 1.51. The molecular weight excluding hydrogens is 597 g/mol. The highest BCUT2D eigenvalue weighted by Gasteiger charge is 2.35. The molecule has 0 saturated carbocycles. The van der Waals surface area contributed by atoms with Gasteiger partial charge < -0.3 is 13.9 Å². The Bertz CT molecular complexity index is 2000. The number of aromatic nitrogens is 3. The molecule has 11 heteroatoms. The van der Waals surface area contributed by atoms with Gasteiger partial charge in [0.2, 0.25) is 0 Å². The standard InChI is InChI=1S/C33H28N4O5S2/c1-4-40-31(39)27-28(21-9-6-5-7-10-21)36-33-37(29(27)22-11-13-23(14-12-22)41-20(2)3)30(38)25(43-33)19-24-15-16-26(42-24)44-32-34-17-8-18-35-32/h5-20,29H,4H2,1-3H3/b25-19-/t29-/m1/s1. The number of thiazole rings is 1. The smallest absolute Gasteiger partial charge is 0.338 e. The number of furan rings is 1. The number of nitrogens with zero attached hydrogens (tertiary/aromatic N) is 4. The molecule has 1 aliphatic rings. The van der Waals surface area contributed by atoms with Crippen molar-refractivity contribution in [1.82, 2.24) is 14.5 Å². The maximum Gasteiger partial charge on any atom is 0.338 e. The molecule has 1 aliphatic heterocycles. The third-order valence-corrected chi connectivity index (χ3v) is 8.35. The maximum absolute atomic E-state index is 14.1. The van der Waals surface area contributed by atoms with Crippen molar-refractivity contribution in [1.29, 1.82) is 0 Å². The lowest BCUT2D eigenvalue weighted by atomic mass is 9.93. The van der Waals surface area contributed by atoms with Gasteiger partial charge in [-0.25, -0.2) is 19.8 Å². The largest absolute Gasteiger partial charge is 0.491 e. The number of benzene rings is 2. The number of rotatable bonds is 9. The highest BCUT2D eigenvalue weighted by Crippen LogP contribution is 2.36. The summed E-state index contributed by atoms with van der Waals surface area (Å²) in [6.45, 7) is 5.84. The van der Waals surface area contributed by atoms with E-state index in [1.165, 1.54) is 23.1 Å². The van der Waals surface area contributed by atoms with Gasteiger partial charge in [-0.1, -0.05) is 53.8 Å². The molecule has 0 spiro atoms. The Labute approximate surface area is 261 Å². The van der Waals surface area contributed by atoms with Crippen LogP contribution in [0.4, 0.5) is 0 Å². The molecule has 2 aromatic carbocycles.